The predicted octanol–water partition coefficient (Wildman–Crippen LogP) is 3.85. The molecule has 6 nitrogen and oxygen atoms in total. The maximum Gasteiger partial charge on any atom is 0.325 e. The van der Waals surface area contributed by atoms with Crippen molar-refractivity contribution in [3.8, 4) is 10.8 Å². The van der Waals surface area contributed by atoms with Crippen molar-refractivity contribution in [2.45, 2.75) is 31.8 Å². The number of hydrogen-bond donors (Lipinski definition) is 1. The minimum absolute atomic E-state index is 0.0977. The molecule has 3 amide bonds. The van der Waals surface area contributed by atoms with Crippen LogP contribution in [0.4, 0.5) is 4.79 Å². The van der Waals surface area contributed by atoms with Crippen molar-refractivity contribution in [1.82, 2.24) is 15.2 Å². The Labute approximate surface area is 160 Å². The van der Waals surface area contributed by atoms with Crippen LogP contribution in [0.15, 0.2) is 58.5 Å². The lowest BCUT2D eigenvalue weighted by molar-refractivity contribution is -0.131. The third kappa shape index (κ3) is 3.50. The number of carbonyl (C=O) groups is 2. The van der Waals surface area contributed by atoms with Gasteiger partial charge in [0.2, 0.25) is 5.89 Å². The number of aromatic nitrogens is 1. The summed E-state index contributed by atoms with van der Waals surface area (Å²) < 4.78 is 5.48. The molecule has 1 aliphatic heterocycles. The topological polar surface area (TPSA) is 75.4 Å². The number of amides is 3. The Balaban J connectivity index is 1.45. The molecule has 0 saturated carbocycles. The van der Waals surface area contributed by atoms with Gasteiger partial charge in [0.15, 0.2) is 0 Å². The molecule has 3 heterocycles. The van der Waals surface area contributed by atoms with E-state index in [0.717, 1.165) is 10.4 Å². The van der Waals surface area contributed by atoms with E-state index >= 15 is 0 Å². The predicted molar refractivity (Wildman–Crippen MR) is 102 cm³/mol. The zero-order valence-electron chi connectivity index (χ0n) is 14.8. The Morgan fingerprint density at radius 3 is 2.74 bits per heavy atom. The van der Waals surface area contributed by atoms with Crippen LogP contribution in [-0.4, -0.2) is 27.4 Å². The first kappa shape index (κ1) is 17.5. The SMILES string of the molecule is CC1(CCc2ccccc2)NC(=O)N(Cc2coc(-c3cccs3)n2)C1=O. The minimum Gasteiger partial charge on any atom is -0.443 e. The van der Waals surface area contributed by atoms with Crippen molar-refractivity contribution >= 4 is 23.3 Å². The lowest BCUT2D eigenvalue weighted by Gasteiger charge is -2.21. The summed E-state index contributed by atoms with van der Waals surface area (Å²) in [6.45, 7) is 1.87. The van der Waals surface area contributed by atoms with Crippen LogP contribution in [0.3, 0.4) is 0 Å². The minimum atomic E-state index is -0.909. The van der Waals surface area contributed by atoms with Crippen LogP contribution in [0.1, 0.15) is 24.6 Å². The van der Waals surface area contributed by atoms with Crippen LogP contribution >= 0.6 is 11.3 Å². The highest BCUT2D eigenvalue weighted by molar-refractivity contribution is 7.13. The Morgan fingerprint density at radius 2 is 2.00 bits per heavy atom. The zero-order chi connectivity index (χ0) is 18.9. The molecule has 1 saturated heterocycles. The van der Waals surface area contributed by atoms with Crippen LogP contribution < -0.4 is 5.32 Å². The van der Waals surface area contributed by atoms with Gasteiger partial charge in [-0.05, 0) is 36.8 Å². The average molecular weight is 381 g/mol. The van der Waals surface area contributed by atoms with Crippen molar-refractivity contribution in [2.75, 3.05) is 0 Å². The molecule has 0 radical (unpaired) electrons. The maximum absolute atomic E-state index is 12.9. The molecule has 7 heteroatoms. The highest BCUT2D eigenvalue weighted by Gasteiger charge is 2.47. The summed E-state index contributed by atoms with van der Waals surface area (Å²) >= 11 is 1.52. The van der Waals surface area contributed by atoms with Gasteiger partial charge in [0.25, 0.3) is 5.91 Å². The lowest BCUT2D eigenvalue weighted by Crippen LogP contribution is -2.44. The first-order chi connectivity index (χ1) is 13.0. The molecular weight excluding hydrogens is 362 g/mol. The van der Waals surface area contributed by atoms with E-state index in [1.54, 1.807) is 6.92 Å². The van der Waals surface area contributed by atoms with E-state index in [2.05, 4.69) is 10.3 Å². The summed E-state index contributed by atoms with van der Waals surface area (Å²) in [5.74, 6) is 0.267. The van der Waals surface area contributed by atoms with E-state index in [9.17, 15) is 9.59 Å². The third-order valence-electron chi connectivity index (χ3n) is 4.71. The van der Waals surface area contributed by atoms with Gasteiger partial charge in [0, 0.05) is 0 Å². The summed E-state index contributed by atoms with van der Waals surface area (Å²) in [7, 11) is 0. The zero-order valence-corrected chi connectivity index (χ0v) is 15.7. The first-order valence-electron chi connectivity index (χ1n) is 8.71. The number of benzene rings is 1. The van der Waals surface area contributed by atoms with Crippen LogP contribution in [0, 0.1) is 0 Å². The van der Waals surface area contributed by atoms with Crippen LogP contribution in [0.25, 0.3) is 10.8 Å². The fourth-order valence-corrected chi connectivity index (χ4v) is 3.81. The monoisotopic (exact) mass is 381 g/mol. The largest absolute Gasteiger partial charge is 0.443 e. The molecule has 1 aliphatic rings. The average Bonchev–Trinajstić information content (AvgIpc) is 3.39. The molecule has 0 spiro atoms. The number of oxazole rings is 1. The second-order valence-electron chi connectivity index (χ2n) is 6.76. The van der Waals surface area contributed by atoms with Crippen molar-refractivity contribution in [1.29, 1.82) is 0 Å². The number of nitrogens with one attached hydrogen (secondary N) is 1. The van der Waals surface area contributed by atoms with Crippen molar-refractivity contribution in [3.63, 3.8) is 0 Å². The van der Waals surface area contributed by atoms with Crippen LogP contribution in [0.5, 0.6) is 0 Å². The fourth-order valence-electron chi connectivity index (χ4n) is 3.15. The second-order valence-corrected chi connectivity index (χ2v) is 7.71. The van der Waals surface area contributed by atoms with Gasteiger partial charge in [-0.1, -0.05) is 36.4 Å². The van der Waals surface area contributed by atoms with Gasteiger partial charge >= 0.3 is 6.03 Å². The summed E-state index contributed by atoms with van der Waals surface area (Å²) in [5, 5.41) is 4.78. The van der Waals surface area contributed by atoms with Gasteiger partial charge < -0.3 is 9.73 Å². The second kappa shape index (κ2) is 7.00. The van der Waals surface area contributed by atoms with E-state index in [-0.39, 0.29) is 12.5 Å². The lowest BCUT2D eigenvalue weighted by atomic mass is 9.93. The quantitative estimate of drug-likeness (QED) is 0.658. The number of hydrogen-bond acceptors (Lipinski definition) is 5. The molecular formula is C20H19N3O3S. The molecule has 0 bridgehead atoms. The van der Waals surface area contributed by atoms with Gasteiger partial charge in [0.05, 0.1) is 17.1 Å². The third-order valence-corrected chi connectivity index (χ3v) is 5.56. The maximum atomic E-state index is 12.9. The van der Waals surface area contributed by atoms with Gasteiger partial charge in [-0.25, -0.2) is 9.78 Å². The highest BCUT2D eigenvalue weighted by Crippen LogP contribution is 2.27. The number of thiophene rings is 1. The van der Waals surface area contributed by atoms with Gasteiger partial charge in [-0.15, -0.1) is 11.3 Å². The van der Waals surface area contributed by atoms with Gasteiger partial charge in [-0.3, -0.25) is 9.69 Å². The number of aryl methyl sites for hydroxylation is 1. The van der Waals surface area contributed by atoms with E-state index < -0.39 is 11.6 Å². The molecule has 1 atom stereocenters. The fraction of sp³-hybridized carbons (Fsp3) is 0.250. The highest BCUT2D eigenvalue weighted by atomic mass is 32.1. The molecule has 1 fully saturated rings. The van der Waals surface area contributed by atoms with Gasteiger partial charge in [-0.2, -0.15) is 0 Å². The molecule has 0 aliphatic carbocycles. The Kier molecular flexibility index (Phi) is 4.53. The number of urea groups is 1. The Hall–Kier alpha value is -2.93. The van der Waals surface area contributed by atoms with E-state index in [1.165, 1.54) is 22.5 Å². The van der Waals surface area contributed by atoms with Crippen molar-refractivity contribution in [2.24, 2.45) is 0 Å². The normalized spacial score (nSPS) is 19.5. The molecule has 138 valence electrons. The summed E-state index contributed by atoms with van der Waals surface area (Å²) in [4.78, 5) is 31.8. The molecule has 1 aromatic carbocycles. The molecule has 2 aromatic heterocycles. The van der Waals surface area contributed by atoms with E-state index in [1.807, 2.05) is 47.8 Å². The molecule has 3 aromatic rings. The molecule has 4 rings (SSSR count). The molecule has 27 heavy (non-hydrogen) atoms. The summed E-state index contributed by atoms with van der Waals surface area (Å²) in [5.41, 5.74) is 0.776. The van der Waals surface area contributed by atoms with Crippen LogP contribution in [0.2, 0.25) is 0 Å². The molecule has 1 unspecified atom stereocenters. The number of imide groups is 1. The Morgan fingerprint density at radius 1 is 1.19 bits per heavy atom. The van der Waals surface area contributed by atoms with E-state index in [4.69, 9.17) is 4.42 Å². The summed E-state index contributed by atoms with van der Waals surface area (Å²) in [6.07, 6.45) is 2.75. The number of nitrogens with zero attached hydrogens (tertiary/aromatic N) is 2. The van der Waals surface area contributed by atoms with Crippen LogP contribution in [-0.2, 0) is 17.8 Å². The Bertz CT molecular complexity index is 952. The van der Waals surface area contributed by atoms with Crippen molar-refractivity contribution < 1.29 is 14.0 Å². The summed E-state index contributed by atoms with van der Waals surface area (Å²) in [6, 6.07) is 13.4. The first-order valence-corrected chi connectivity index (χ1v) is 9.59. The van der Waals surface area contributed by atoms with Gasteiger partial charge in [0.1, 0.15) is 11.8 Å². The van der Waals surface area contributed by atoms with Crippen molar-refractivity contribution in [3.05, 3.63) is 65.4 Å². The smallest absolute Gasteiger partial charge is 0.325 e. The van der Waals surface area contributed by atoms with E-state index in [0.29, 0.717) is 24.4 Å². The standard InChI is InChI=1S/C20H19N3O3S/c1-20(10-9-14-6-3-2-4-7-14)18(24)23(19(25)22-20)12-15-13-26-17(21-15)16-8-5-11-27-16/h2-8,11,13H,9-10,12H2,1H3,(H,22,25). The number of rotatable bonds is 6. The molecule has 1 N–H and O–H groups in total. The number of carbonyl (C=O) groups excluding carboxylic acids is 2.